The Morgan fingerprint density at radius 2 is 1.96 bits per heavy atom. The molecule has 0 aromatic heterocycles. The van der Waals surface area contributed by atoms with Gasteiger partial charge in [0.15, 0.2) is 0 Å². The largest absolute Gasteiger partial charge is 0.369 e. The van der Waals surface area contributed by atoms with Gasteiger partial charge in [-0.25, -0.2) is 9.18 Å². The van der Waals surface area contributed by atoms with E-state index in [2.05, 4.69) is 27.5 Å². The van der Waals surface area contributed by atoms with E-state index in [1.54, 1.807) is 12.1 Å². The first-order valence-electron chi connectivity index (χ1n) is 9.33. The maximum atomic E-state index is 13.0. The van der Waals surface area contributed by atoms with Crippen LogP contribution in [0.5, 0.6) is 0 Å². The van der Waals surface area contributed by atoms with Crippen molar-refractivity contribution in [2.75, 3.05) is 44.7 Å². The monoisotopic (exact) mass is 348 g/mol. The second-order valence-corrected chi connectivity index (χ2v) is 7.39. The highest BCUT2D eigenvalue weighted by Gasteiger charge is 2.24. The Hall–Kier alpha value is -1.82. The number of anilines is 1. The molecule has 2 saturated heterocycles. The third kappa shape index (κ3) is 5.33. The molecule has 2 aliphatic heterocycles. The lowest BCUT2D eigenvalue weighted by Gasteiger charge is -2.21. The van der Waals surface area contributed by atoms with Crippen LogP contribution in [0.2, 0.25) is 0 Å². The third-order valence-corrected chi connectivity index (χ3v) is 5.24. The molecule has 25 heavy (non-hydrogen) atoms. The van der Waals surface area contributed by atoms with E-state index in [4.69, 9.17) is 0 Å². The van der Waals surface area contributed by atoms with Gasteiger partial charge in [0.1, 0.15) is 5.82 Å². The maximum Gasteiger partial charge on any atom is 0.315 e. The Bertz CT molecular complexity index is 565. The van der Waals surface area contributed by atoms with Gasteiger partial charge in [-0.2, -0.15) is 0 Å². The van der Waals surface area contributed by atoms with Crippen molar-refractivity contribution in [3.05, 3.63) is 30.1 Å². The number of carbonyl (C=O) groups excluding carboxylic acids is 1. The molecule has 2 unspecified atom stereocenters. The van der Waals surface area contributed by atoms with Crippen molar-refractivity contribution >= 4 is 11.7 Å². The fourth-order valence-electron chi connectivity index (χ4n) is 3.84. The molecular formula is C19H29FN4O. The van der Waals surface area contributed by atoms with Crippen LogP contribution in [0.25, 0.3) is 0 Å². The van der Waals surface area contributed by atoms with Gasteiger partial charge in [0.2, 0.25) is 0 Å². The topological polar surface area (TPSA) is 47.6 Å². The van der Waals surface area contributed by atoms with E-state index >= 15 is 0 Å². The number of urea groups is 1. The highest BCUT2D eigenvalue weighted by atomic mass is 19.1. The van der Waals surface area contributed by atoms with Crippen molar-refractivity contribution < 1.29 is 9.18 Å². The van der Waals surface area contributed by atoms with Gasteiger partial charge >= 0.3 is 6.03 Å². The number of likely N-dealkylation sites (tertiary alicyclic amines) is 1. The van der Waals surface area contributed by atoms with Crippen LogP contribution < -0.4 is 15.5 Å². The summed E-state index contributed by atoms with van der Waals surface area (Å²) in [5.74, 6) is 0.318. The lowest BCUT2D eigenvalue weighted by atomic mass is 10.0. The molecular weight excluding hydrogens is 319 g/mol. The van der Waals surface area contributed by atoms with Gasteiger partial charge in [-0.05, 0) is 63.0 Å². The summed E-state index contributed by atoms with van der Waals surface area (Å²) < 4.78 is 13.0. The smallest absolute Gasteiger partial charge is 0.315 e. The van der Waals surface area contributed by atoms with Gasteiger partial charge in [-0.15, -0.1) is 0 Å². The fourth-order valence-corrected chi connectivity index (χ4v) is 3.84. The van der Waals surface area contributed by atoms with Gasteiger partial charge in [0.25, 0.3) is 0 Å². The van der Waals surface area contributed by atoms with Crippen LogP contribution in [0.1, 0.15) is 25.7 Å². The molecule has 0 radical (unpaired) electrons. The van der Waals surface area contributed by atoms with Crippen LogP contribution in [0.15, 0.2) is 24.3 Å². The number of hydrogen-bond acceptors (Lipinski definition) is 3. The molecule has 3 rings (SSSR count). The van der Waals surface area contributed by atoms with Crippen LogP contribution in [0.4, 0.5) is 14.9 Å². The highest BCUT2D eigenvalue weighted by Crippen LogP contribution is 2.20. The predicted octanol–water partition coefficient (Wildman–Crippen LogP) is 2.44. The zero-order chi connectivity index (χ0) is 17.6. The minimum absolute atomic E-state index is 0.0714. The molecule has 1 aromatic rings. The Morgan fingerprint density at radius 3 is 2.76 bits per heavy atom. The molecule has 1 aromatic carbocycles. The van der Waals surface area contributed by atoms with E-state index in [0.29, 0.717) is 5.92 Å². The third-order valence-electron chi connectivity index (χ3n) is 5.24. The SMILES string of the molecule is CN1CCCCC(CNC(=O)NC2CCN(c3ccc(F)cc3)C2)C1. The molecule has 2 aliphatic rings. The fraction of sp³-hybridized carbons (Fsp3) is 0.632. The normalized spacial score (nSPS) is 24.8. The molecule has 5 nitrogen and oxygen atoms in total. The number of nitrogens with one attached hydrogen (secondary N) is 2. The lowest BCUT2D eigenvalue weighted by Crippen LogP contribution is -2.45. The molecule has 0 aliphatic carbocycles. The zero-order valence-corrected chi connectivity index (χ0v) is 15.0. The average molecular weight is 348 g/mol. The Balaban J connectivity index is 1.40. The van der Waals surface area contributed by atoms with Crippen molar-refractivity contribution in [1.82, 2.24) is 15.5 Å². The molecule has 2 N–H and O–H groups in total. The quantitative estimate of drug-likeness (QED) is 0.879. The predicted molar refractivity (Wildman–Crippen MR) is 98.4 cm³/mol. The van der Waals surface area contributed by atoms with Crippen LogP contribution in [0, 0.1) is 11.7 Å². The van der Waals surface area contributed by atoms with Crippen LogP contribution in [0.3, 0.4) is 0 Å². The van der Waals surface area contributed by atoms with Crippen molar-refractivity contribution in [2.45, 2.75) is 31.7 Å². The first-order chi connectivity index (χ1) is 12.1. The number of rotatable bonds is 4. The first kappa shape index (κ1) is 18.0. The number of hydrogen-bond donors (Lipinski definition) is 2. The van der Waals surface area contributed by atoms with Crippen molar-refractivity contribution in [3.63, 3.8) is 0 Å². The molecule has 2 amide bonds. The number of halogens is 1. The van der Waals surface area contributed by atoms with Gasteiger partial charge < -0.3 is 20.4 Å². The summed E-state index contributed by atoms with van der Waals surface area (Å²) in [6, 6.07) is 6.61. The molecule has 0 spiro atoms. The van der Waals surface area contributed by atoms with Crippen LogP contribution >= 0.6 is 0 Å². The van der Waals surface area contributed by atoms with E-state index < -0.39 is 0 Å². The summed E-state index contributed by atoms with van der Waals surface area (Å²) >= 11 is 0. The van der Waals surface area contributed by atoms with Crippen molar-refractivity contribution in [2.24, 2.45) is 5.92 Å². The van der Waals surface area contributed by atoms with E-state index in [0.717, 1.165) is 44.8 Å². The molecule has 2 atom stereocenters. The Labute approximate surface area is 149 Å². The van der Waals surface area contributed by atoms with Crippen LogP contribution in [-0.4, -0.2) is 56.7 Å². The maximum absolute atomic E-state index is 13.0. The van der Waals surface area contributed by atoms with E-state index in [1.165, 1.54) is 31.4 Å². The molecule has 2 heterocycles. The van der Waals surface area contributed by atoms with E-state index in [9.17, 15) is 9.18 Å². The summed E-state index contributed by atoms with van der Waals surface area (Å²) in [6.45, 7) is 4.60. The number of nitrogens with zero attached hydrogens (tertiary/aromatic N) is 2. The second kappa shape index (κ2) is 8.52. The molecule has 0 bridgehead atoms. The summed E-state index contributed by atoms with van der Waals surface area (Å²) in [5, 5.41) is 6.12. The summed E-state index contributed by atoms with van der Waals surface area (Å²) in [5.41, 5.74) is 1.01. The van der Waals surface area contributed by atoms with E-state index in [-0.39, 0.29) is 17.9 Å². The lowest BCUT2D eigenvalue weighted by molar-refractivity contribution is 0.232. The van der Waals surface area contributed by atoms with E-state index in [1.807, 2.05) is 0 Å². The molecule has 0 saturated carbocycles. The van der Waals surface area contributed by atoms with Gasteiger partial charge in [0.05, 0.1) is 0 Å². The second-order valence-electron chi connectivity index (χ2n) is 7.39. The standard InChI is InChI=1S/C19H29FN4O/c1-23-10-3-2-4-15(13-23)12-21-19(25)22-17-9-11-24(14-17)18-7-5-16(20)6-8-18/h5-8,15,17H,2-4,9-14H2,1H3,(H2,21,22,25). The van der Waals surface area contributed by atoms with Gasteiger partial charge in [-0.1, -0.05) is 6.42 Å². The summed E-state index contributed by atoms with van der Waals surface area (Å²) in [4.78, 5) is 16.7. The minimum Gasteiger partial charge on any atom is -0.369 e. The zero-order valence-electron chi connectivity index (χ0n) is 15.0. The number of benzene rings is 1. The molecule has 2 fully saturated rings. The van der Waals surface area contributed by atoms with Crippen LogP contribution in [-0.2, 0) is 0 Å². The van der Waals surface area contributed by atoms with Crippen molar-refractivity contribution in [1.29, 1.82) is 0 Å². The minimum atomic E-state index is -0.221. The van der Waals surface area contributed by atoms with Gasteiger partial charge in [-0.3, -0.25) is 0 Å². The Kier molecular flexibility index (Phi) is 6.13. The number of carbonyl (C=O) groups is 1. The number of amides is 2. The van der Waals surface area contributed by atoms with Gasteiger partial charge in [0, 0.05) is 37.9 Å². The first-order valence-corrected chi connectivity index (χ1v) is 9.33. The molecule has 138 valence electrons. The van der Waals surface area contributed by atoms with Crippen molar-refractivity contribution in [3.8, 4) is 0 Å². The summed E-state index contributed by atoms with van der Waals surface area (Å²) in [6.07, 6.45) is 4.59. The average Bonchev–Trinajstić information content (AvgIpc) is 2.94. The summed E-state index contributed by atoms with van der Waals surface area (Å²) in [7, 11) is 2.15. The highest BCUT2D eigenvalue weighted by molar-refractivity contribution is 5.74. The Morgan fingerprint density at radius 1 is 1.16 bits per heavy atom. The molecule has 6 heteroatoms.